The molecule has 2 amide bonds. The zero-order valence-corrected chi connectivity index (χ0v) is 20.4. The zero-order valence-electron chi connectivity index (χ0n) is 18.8. The van der Waals surface area contributed by atoms with Crippen LogP contribution in [0.2, 0.25) is 5.02 Å². The number of benzene rings is 2. The molecule has 4 rings (SSSR count). The molecule has 2 aromatic carbocycles. The second kappa shape index (κ2) is 9.64. The number of nitrogens with zero attached hydrogens (tertiary/aromatic N) is 1. The molecule has 10 heteroatoms. The van der Waals surface area contributed by atoms with Gasteiger partial charge in [-0.3, -0.25) is 9.59 Å². The lowest BCUT2D eigenvalue weighted by Gasteiger charge is -2.36. The lowest BCUT2D eigenvalue weighted by molar-refractivity contribution is -0.128. The van der Waals surface area contributed by atoms with E-state index < -0.39 is 33.6 Å². The van der Waals surface area contributed by atoms with Gasteiger partial charge in [0.15, 0.2) is 9.84 Å². The van der Waals surface area contributed by atoms with Gasteiger partial charge in [-0.05, 0) is 42.7 Å². The minimum absolute atomic E-state index is 0.0369. The van der Waals surface area contributed by atoms with Gasteiger partial charge in [0.05, 0.1) is 24.2 Å². The van der Waals surface area contributed by atoms with Crippen LogP contribution in [0.15, 0.2) is 47.4 Å². The van der Waals surface area contributed by atoms with E-state index in [1.54, 1.807) is 12.1 Å². The number of halogens is 2. The Labute approximate surface area is 203 Å². The Bertz CT molecular complexity index is 1220. The predicted octanol–water partition coefficient (Wildman–Crippen LogP) is 3.24. The summed E-state index contributed by atoms with van der Waals surface area (Å²) in [6.45, 7) is 3.06. The van der Waals surface area contributed by atoms with Crippen LogP contribution in [-0.4, -0.2) is 57.2 Å². The lowest BCUT2D eigenvalue weighted by Crippen LogP contribution is -2.50. The van der Waals surface area contributed by atoms with Crippen molar-refractivity contribution in [2.75, 3.05) is 26.0 Å². The van der Waals surface area contributed by atoms with Crippen LogP contribution in [-0.2, 0) is 19.4 Å². The first-order valence-corrected chi connectivity index (χ1v) is 13.3. The van der Waals surface area contributed by atoms with Crippen LogP contribution in [0.4, 0.5) is 4.39 Å². The fourth-order valence-corrected chi connectivity index (χ4v) is 5.27. The summed E-state index contributed by atoms with van der Waals surface area (Å²) in [5, 5.41) is 3.20. The average Bonchev–Trinajstić information content (AvgIpc) is 3.13. The molecule has 0 spiro atoms. The number of ether oxygens (including phenoxy) is 1. The topological polar surface area (TPSA) is 92.8 Å². The molecule has 2 aliphatic rings. The fraction of sp³-hybridized carbons (Fsp3) is 0.417. The van der Waals surface area contributed by atoms with E-state index in [0.717, 1.165) is 6.26 Å². The number of hydrogen-bond donors (Lipinski definition) is 1. The van der Waals surface area contributed by atoms with Gasteiger partial charge in [0.1, 0.15) is 11.9 Å². The summed E-state index contributed by atoms with van der Waals surface area (Å²) in [6, 6.07) is 8.74. The Morgan fingerprint density at radius 1 is 1.21 bits per heavy atom. The maximum absolute atomic E-state index is 14.7. The second-order valence-corrected chi connectivity index (χ2v) is 11.5. The molecule has 0 unspecified atom stereocenters. The molecule has 2 aromatic rings. The van der Waals surface area contributed by atoms with Crippen molar-refractivity contribution < 1.29 is 27.1 Å². The van der Waals surface area contributed by atoms with Crippen LogP contribution in [0, 0.1) is 17.7 Å². The summed E-state index contributed by atoms with van der Waals surface area (Å²) < 4.78 is 43.8. The maximum atomic E-state index is 14.7. The molecule has 0 radical (unpaired) electrons. The molecule has 34 heavy (non-hydrogen) atoms. The van der Waals surface area contributed by atoms with Gasteiger partial charge < -0.3 is 15.0 Å². The first-order chi connectivity index (χ1) is 16.0. The number of amides is 2. The summed E-state index contributed by atoms with van der Waals surface area (Å²) in [5.41, 5.74) is 0.512. The van der Waals surface area contributed by atoms with Crippen molar-refractivity contribution in [1.29, 1.82) is 0 Å². The third kappa shape index (κ3) is 5.11. The molecule has 2 fully saturated rings. The highest BCUT2D eigenvalue weighted by Crippen LogP contribution is 2.32. The number of nitrogens with one attached hydrogen (secondary N) is 1. The summed E-state index contributed by atoms with van der Waals surface area (Å²) >= 11 is 5.89. The molecule has 3 atom stereocenters. The standard InChI is InChI=1S/C24H26ClFN2O5S/c1-14-8-21(28(11-14)24(30)15-4-3-5-18(9-15)34(2,31)32)23(29)27-22(16-12-33-13-16)19-7-6-17(25)10-20(19)26/h3-7,9-10,14,16,21-22H,8,11-13H2,1-2H3,(H,27,29)/t14-,21-,22-/m1/s1. The first kappa shape index (κ1) is 24.6. The van der Waals surface area contributed by atoms with Gasteiger partial charge in [-0.25, -0.2) is 12.8 Å². The van der Waals surface area contributed by atoms with Gasteiger partial charge in [-0.1, -0.05) is 30.7 Å². The molecule has 7 nitrogen and oxygen atoms in total. The Morgan fingerprint density at radius 3 is 2.56 bits per heavy atom. The van der Waals surface area contributed by atoms with Crippen LogP contribution in [0.1, 0.15) is 35.3 Å². The maximum Gasteiger partial charge on any atom is 0.254 e. The van der Waals surface area contributed by atoms with Gasteiger partial charge in [0.25, 0.3) is 5.91 Å². The monoisotopic (exact) mass is 508 g/mol. The van der Waals surface area contributed by atoms with Gasteiger partial charge in [0.2, 0.25) is 5.91 Å². The number of carbonyl (C=O) groups excluding carboxylic acids is 2. The van der Waals surface area contributed by atoms with E-state index in [4.69, 9.17) is 16.3 Å². The molecule has 0 bridgehead atoms. The Balaban J connectivity index is 1.58. The van der Waals surface area contributed by atoms with E-state index in [9.17, 15) is 22.4 Å². The van der Waals surface area contributed by atoms with Gasteiger partial charge >= 0.3 is 0 Å². The summed E-state index contributed by atoms with van der Waals surface area (Å²) in [6.07, 6.45) is 1.52. The largest absolute Gasteiger partial charge is 0.381 e. The normalized spacial score (nSPS) is 21.7. The number of carbonyl (C=O) groups is 2. The second-order valence-electron chi connectivity index (χ2n) is 9.06. The Kier molecular flexibility index (Phi) is 6.98. The van der Waals surface area contributed by atoms with Crippen molar-refractivity contribution in [3.8, 4) is 0 Å². The van der Waals surface area contributed by atoms with E-state index in [-0.39, 0.29) is 33.2 Å². The van der Waals surface area contributed by atoms with Crippen molar-refractivity contribution in [3.05, 3.63) is 64.4 Å². The molecule has 2 aliphatic heterocycles. The highest BCUT2D eigenvalue weighted by Gasteiger charge is 2.41. The minimum Gasteiger partial charge on any atom is -0.381 e. The summed E-state index contributed by atoms with van der Waals surface area (Å²) in [7, 11) is -3.49. The van der Waals surface area contributed by atoms with Crippen LogP contribution >= 0.6 is 11.6 Å². The van der Waals surface area contributed by atoms with Crippen molar-refractivity contribution in [2.24, 2.45) is 11.8 Å². The van der Waals surface area contributed by atoms with Gasteiger partial charge in [-0.15, -0.1) is 0 Å². The third-order valence-corrected chi connectivity index (χ3v) is 7.66. The van der Waals surface area contributed by atoms with Crippen LogP contribution in [0.3, 0.4) is 0 Å². The van der Waals surface area contributed by atoms with Gasteiger partial charge in [-0.2, -0.15) is 0 Å². The number of hydrogen-bond acceptors (Lipinski definition) is 5. The average molecular weight is 509 g/mol. The van der Waals surface area contributed by atoms with Crippen LogP contribution in [0.5, 0.6) is 0 Å². The SMILES string of the molecule is C[C@@H]1C[C@H](C(=O)N[C@@H](c2ccc(Cl)cc2F)C2COC2)N(C(=O)c2cccc(S(C)(=O)=O)c2)C1. The molecule has 0 aliphatic carbocycles. The summed E-state index contributed by atoms with van der Waals surface area (Å²) in [4.78, 5) is 28.2. The van der Waals surface area contributed by atoms with Crippen LogP contribution in [0.25, 0.3) is 0 Å². The number of sulfone groups is 1. The van der Waals surface area contributed by atoms with Crippen molar-refractivity contribution >= 4 is 33.3 Å². The molecule has 0 aromatic heterocycles. The highest BCUT2D eigenvalue weighted by molar-refractivity contribution is 7.90. The number of likely N-dealkylation sites (tertiary alicyclic amines) is 1. The molecule has 182 valence electrons. The fourth-order valence-electron chi connectivity index (χ4n) is 4.44. The van der Waals surface area contributed by atoms with Crippen molar-refractivity contribution in [2.45, 2.75) is 30.3 Å². The Morgan fingerprint density at radius 2 is 1.94 bits per heavy atom. The van der Waals surface area contributed by atoms with E-state index in [2.05, 4.69) is 5.32 Å². The molecular weight excluding hydrogens is 483 g/mol. The minimum atomic E-state index is -3.49. The van der Waals surface area contributed by atoms with Crippen molar-refractivity contribution in [1.82, 2.24) is 10.2 Å². The molecule has 2 heterocycles. The Hall–Kier alpha value is -2.49. The highest BCUT2D eigenvalue weighted by atomic mass is 35.5. The molecule has 0 saturated carbocycles. The van der Waals surface area contributed by atoms with Crippen molar-refractivity contribution in [3.63, 3.8) is 0 Å². The quantitative estimate of drug-likeness (QED) is 0.646. The predicted molar refractivity (Wildman–Crippen MR) is 125 cm³/mol. The first-order valence-electron chi connectivity index (χ1n) is 11.0. The van der Waals surface area contributed by atoms with E-state index >= 15 is 0 Å². The molecular formula is C24H26ClFN2O5S. The zero-order chi connectivity index (χ0) is 24.6. The van der Waals surface area contributed by atoms with Crippen LogP contribution < -0.4 is 5.32 Å². The molecule has 1 N–H and O–H groups in total. The number of rotatable bonds is 6. The smallest absolute Gasteiger partial charge is 0.254 e. The van der Waals surface area contributed by atoms with Gasteiger partial charge in [0, 0.05) is 34.9 Å². The lowest BCUT2D eigenvalue weighted by atomic mass is 9.90. The van der Waals surface area contributed by atoms with E-state index in [0.29, 0.717) is 31.7 Å². The molecule has 2 saturated heterocycles. The summed E-state index contributed by atoms with van der Waals surface area (Å²) in [5.74, 6) is -1.36. The van der Waals surface area contributed by atoms with E-state index in [1.807, 2.05) is 6.92 Å². The van der Waals surface area contributed by atoms with E-state index in [1.165, 1.54) is 35.2 Å². The third-order valence-electron chi connectivity index (χ3n) is 6.31.